The van der Waals surface area contributed by atoms with Crippen molar-refractivity contribution >= 4 is 27.3 Å². The van der Waals surface area contributed by atoms with Crippen LogP contribution in [-0.2, 0) is 14.8 Å². The Morgan fingerprint density at radius 2 is 2.22 bits per heavy atom. The summed E-state index contributed by atoms with van der Waals surface area (Å²) in [6, 6.07) is 3.38. The molecule has 23 heavy (non-hydrogen) atoms. The molecule has 3 rings (SSSR count). The van der Waals surface area contributed by atoms with Crippen LogP contribution in [0.15, 0.2) is 21.7 Å². The van der Waals surface area contributed by atoms with Gasteiger partial charge in [-0.05, 0) is 55.4 Å². The molecule has 2 aliphatic rings. The molecule has 7 heteroatoms. The lowest BCUT2D eigenvalue weighted by molar-refractivity contribution is -0.122. The van der Waals surface area contributed by atoms with Gasteiger partial charge in [-0.15, -0.1) is 11.3 Å². The Morgan fingerprint density at radius 3 is 2.78 bits per heavy atom. The van der Waals surface area contributed by atoms with Gasteiger partial charge >= 0.3 is 0 Å². The SMILES string of the molecule is C[C@@H](NC(=O)CN(C)S(=O)(=O)c1cccs1)[C@H]1C[C@@H]2CC[C@@H]1C2. The van der Waals surface area contributed by atoms with E-state index < -0.39 is 10.0 Å². The van der Waals surface area contributed by atoms with Crippen molar-refractivity contribution in [1.82, 2.24) is 9.62 Å². The van der Waals surface area contributed by atoms with Crippen LogP contribution in [0.5, 0.6) is 0 Å². The number of fused-ring (bicyclic) bond motifs is 2. The maximum Gasteiger partial charge on any atom is 0.252 e. The fourth-order valence-corrected chi connectivity index (χ4v) is 6.49. The molecule has 0 aromatic carbocycles. The lowest BCUT2D eigenvalue weighted by Crippen LogP contribution is -2.45. The Hall–Kier alpha value is -0.920. The second-order valence-corrected chi connectivity index (χ2v) is 10.1. The monoisotopic (exact) mass is 356 g/mol. The number of amides is 1. The zero-order chi connectivity index (χ0) is 16.6. The normalized spacial score (nSPS) is 28.2. The minimum absolute atomic E-state index is 0.121. The fourth-order valence-electron chi connectivity index (χ4n) is 4.16. The summed E-state index contributed by atoms with van der Waals surface area (Å²) in [6.45, 7) is 1.92. The predicted molar refractivity (Wildman–Crippen MR) is 90.7 cm³/mol. The van der Waals surface area contributed by atoms with E-state index in [9.17, 15) is 13.2 Å². The molecule has 1 aromatic heterocycles. The first kappa shape index (κ1) is 16.9. The summed E-state index contributed by atoms with van der Waals surface area (Å²) in [4.78, 5) is 12.2. The molecule has 2 fully saturated rings. The van der Waals surface area contributed by atoms with Crippen LogP contribution in [-0.4, -0.2) is 38.3 Å². The Labute approximate surface area is 142 Å². The molecule has 1 amide bonds. The number of thiophene rings is 1. The molecule has 4 atom stereocenters. The highest BCUT2D eigenvalue weighted by molar-refractivity contribution is 7.91. The first-order valence-electron chi connectivity index (χ1n) is 8.17. The highest BCUT2D eigenvalue weighted by Gasteiger charge is 2.42. The molecular formula is C16H24N2O3S2. The van der Waals surface area contributed by atoms with Crippen LogP contribution in [0.3, 0.4) is 0 Å². The number of hydrogen-bond donors (Lipinski definition) is 1. The van der Waals surface area contributed by atoms with Crippen molar-refractivity contribution in [1.29, 1.82) is 0 Å². The van der Waals surface area contributed by atoms with Gasteiger partial charge in [-0.3, -0.25) is 4.79 Å². The van der Waals surface area contributed by atoms with Crippen LogP contribution < -0.4 is 5.32 Å². The highest BCUT2D eigenvalue weighted by atomic mass is 32.2. The molecular weight excluding hydrogens is 332 g/mol. The van der Waals surface area contributed by atoms with Crippen LogP contribution in [0.1, 0.15) is 32.6 Å². The molecule has 5 nitrogen and oxygen atoms in total. The second-order valence-electron chi connectivity index (χ2n) is 6.89. The minimum Gasteiger partial charge on any atom is -0.352 e. The van der Waals surface area contributed by atoms with Gasteiger partial charge < -0.3 is 5.32 Å². The molecule has 2 saturated carbocycles. The summed E-state index contributed by atoms with van der Waals surface area (Å²) < 4.78 is 26.1. The van der Waals surface area contributed by atoms with E-state index in [1.807, 2.05) is 0 Å². The minimum atomic E-state index is -3.56. The van der Waals surface area contributed by atoms with E-state index in [1.165, 1.54) is 44.1 Å². The molecule has 1 heterocycles. The maximum atomic E-state index is 12.3. The fraction of sp³-hybridized carbons (Fsp3) is 0.688. The average Bonchev–Trinajstić information content (AvgIpc) is 3.23. The van der Waals surface area contributed by atoms with Gasteiger partial charge in [0.25, 0.3) is 10.0 Å². The Kier molecular flexibility index (Phi) is 4.80. The number of rotatable bonds is 6. The first-order chi connectivity index (χ1) is 10.9. The van der Waals surface area contributed by atoms with Crippen molar-refractivity contribution in [2.24, 2.45) is 17.8 Å². The van der Waals surface area contributed by atoms with E-state index in [4.69, 9.17) is 0 Å². The third-order valence-corrected chi connectivity index (χ3v) is 8.53. The van der Waals surface area contributed by atoms with E-state index in [2.05, 4.69) is 12.2 Å². The first-order valence-corrected chi connectivity index (χ1v) is 10.5. The van der Waals surface area contributed by atoms with Crippen molar-refractivity contribution in [3.05, 3.63) is 17.5 Å². The smallest absolute Gasteiger partial charge is 0.252 e. The molecule has 1 N–H and O–H groups in total. The van der Waals surface area contributed by atoms with Crippen molar-refractivity contribution in [3.63, 3.8) is 0 Å². The number of likely N-dealkylation sites (N-methyl/N-ethyl adjacent to an activating group) is 1. The molecule has 2 aliphatic carbocycles. The van der Waals surface area contributed by atoms with Crippen LogP contribution in [0.2, 0.25) is 0 Å². The average molecular weight is 357 g/mol. The van der Waals surface area contributed by atoms with Crippen LogP contribution >= 0.6 is 11.3 Å². The molecule has 2 bridgehead atoms. The number of carbonyl (C=O) groups is 1. The van der Waals surface area contributed by atoms with E-state index in [0.717, 1.165) is 16.1 Å². The van der Waals surface area contributed by atoms with E-state index in [0.29, 0.717) is 5.92 Å². The molecule has 0 spiro atoms. The van der Waals surface area contributed by atoms with Gasteiger partial charge in [-0.2, -0.15) is 4.31 Å². The third-order valence-electron chi connectivity index (χ3n) is 5.35. The summed E-state index contributed by atoms with van der Waals surface area (Å²) in [5.74, 6) is 1.91. The van der Waals surface area contributed by atoms with Gasteiger partial charge in [0.05, 0.1) is 6.54 Å². The number of carbonyl (C=O) groups excluding carboxylic acids is 1. The molecule has 0 aliphatic heterocycles. The summed E-state index contributed by atoms with van der Waals surface area (Å²) in [5.41, 5.74) is 0. The van der Waals surface area contributed by atoms with Gasteiger partial charge in [0.15, 0.2) is 0 Å². The highest BCUT2D eigenvalue weighted by Crippen LogP contribution is 2.49. The summed E-state index contributed by atoms with van der Waals surface area (Å²) in [7, 11) is -2.11. The number of sulfonamides is 1. The number of nitrogens with zero attached hydrogens (tertiary/aromatic N) is 1. The van der Waals surface area contributed by atoms with Crippen molar-refractivity contribution in [3.8, 4) is 0 Å². The zero-order valence-electron chi connectivity index (χ0n) is 13.6. The molecule has 0 radical (unpaired) electrons. The van der Waals surface area contributed by atoms with Crippen LogP contribution in [0.4, 0.5) is 0 Å². The number of hydrogen-bond acceptors (Lipinski definition) is 4. The molecule has 0 unspecified atom stereocenters. The lowest BCUT2D eigenvalue weighted by atomic mass is 9.84. The van der Waals surface area contributed by atoms with Gasteiger partial charge in [0.1, 0.15) is 4.21 Å². The Morgan fingerprint density at radius 1 is 1.43 bits per heavy atom. The van der Waals surface area contributed by atoms with Gasteiger partial charge in [0, 0.05) is 13.1 Å². The lowest BCUT2D eigenvalue weighted by Gasteiger charge is -2.29. The third kappa shape index (κ3) is 3.46. The zero-order valence-corrected chi connectivity index (χ0v) is 15.2. The van der Waals surface area contributed by atoms with Crippen molar-refractivity contribution < 1.29 is 13.2 Å². The predicted octanol–water partition coefficient (Wildman–Crippen LogP) is 2.31. The quantitative estimate of drug-likeness (QED) is 0.850. The second kappa shape index (κ2) is 6.53. The standard InChI is InChI=1S/C16H24N2O3S2/c1-11(14-9-12-5-6-13(14)8-12)17-15(19)10-18(2)23(20,21)16-4-3-7-22-16/h3-4,7,11-14H,5-6,8-10H2,1-2H3,(H,17,19)/t11-,12-,13-,14-/m1/s1. The largest absolute Gasteiger partial charge is 0.352 e. The van der Waals surface area contributed by atoms with Gasteiger partial charge in [-0.1, -0.05) is 12.5 Å². The Balaban J connectivity index is 1.55. The van der Waals surface area contributed by atoms with E-state index in [-0.39, 0.29) is 22.7 Å². The van der Waals surface area contributed by atoms with Crippen LogP contribution in [0, 0.1) is 17.8 Å². The summed E-state index contributed by atoms with van der Waals surface area (Å²) in [5, 5.41) is 4.73. The molecule has 1 aromatic rings. The topological polar surface area (TPSA) is 66.5 Å². The van der Waals surface area contributed by atoms with Gasteiger partial charge in [0.2, 0.25) is 5.91 Å². The van der Waals surface area contributed by atoms with E-state index >= 15 is 0 Å². The maximum absolute atomic E-state index is 12.3. The molecule has 128 valence electrons. The summed E-state index contributed by atoms with van der Waals surface area (Å²) >= 11 is 1.17. The number of nitrogens with one attached hydrogen (secondary N) is 1. The van der Waals surface area contributed by atoms with Crippen molar-refractivity contribution in [2.75, 3.05) is 13.6 Å². The Bertz CT molecular complexity index is 657. The van der Waals surface area contributed by atoms with E-state index in [1.54, 1.807) is 17.5 Å². The molecule has 0 saturated heterocycles. The van der Waals surface area contributed by atoms with Crippen molar-refractivity contribution in [2.45, 2.75) is 42.9 Å². The summed E-state index contributed by atoms with van der Waals surface area (Å²) in [6.07, 6.45) is 5.12. The van der Waals surface area contributed by atoms with Crippen LogP contribution in [0.25, 0.3) is 0 Å². The van der Waals surface area contributed by atoms with Gasteiger partial charge in [-0.25, -0.2) is 8.42 Å².